The maximum absolute atomic E-state index is 5.35. The van der Waals surface area contributed by atoms with Gasteiger partial charge in [0.2, 0.25) is 0 Å². The molecule has 0 aromatic heterocycles. The van der Waals surface area contributed by atoms with Crippen molar-refractivity contribution < 1.29 is 4.74 Å². The van der Waals surface area contributed by atoms with Crippen molar-refractivity contribution in [1.82, 2.24) is 5.32 Å². The fourth-order valence-corrected chi connectivity index (χ4v) is 1.64. The van der Waals surface area contributed by atoms with E-state index in [0.717, 1.165) is 32.7 Å². The van der Waals surface area contributed by atoms with Crippen LogP contribution in [0.4, 0.5) is 0 Å². The highest BCUT2D eigenvalue weighted by Crippen LogP contribution is 2.20. The normalized spacial score (nSPS) is 23.8. The maximum Gasteiger partial charge on any atom is 0.0532 e. The lowest BCUT2D eigenvalue weighted by Crippen LogP contribution is -2.13. The first-order valence-corrected chi connectivity index (χ1v) is 5.29. The zero-order valence-electron chi connectivity index (χ0n) is 8.81. The molecular weight excluding hydrogens is 162 g/mol. The van der Waals surface area contributed by atoms with Crippen LogP contribution in [-0.2, 0) is 4.74 Å². The van der Waals surface area contributed by atoms with Gasteiger partial charge >= 0.3 is 0 Å². The lowest BCUT2D eigenvalue weighted by Gasteiger charge is -2.07. The predicted octanol–water partition coefficient (Wildman–Crippen LogP) is 1.97. The summed E-state index contributed by atoms with van der Waals surface area (Å²) in [7, 11) is 0. The third-order valence-electron chi connectivity index (χ3n) is 2.61. The van der Waals surface area contributed by atoms with Crippen molar-refractivity contribution in [3.8, 4) is 0 Å². The van der Waals surface area contributed by atoms with Crippen LogP contribution in [0.15, 0.2) is 11.6 Å². The molecule has 1 rings (SSSR count). The summed E-state index contributed by atoms with van der Waals surface area (Å²) in [5.41, 5.74) is 1.51. The fourth-order valence-electron chi connectivity index (χ4n) is 1.64. The quantitative estimate of drug-likeness (QED) is 0.520. The molecule has 1 atom stereocenters. The first kappa shape index (κ1) is 10.7. The van der Waals surface area contributed by atoms with Crippen molar-refractivity contribution in [2.45, 2.75) is 26.7 Å². The molecule has 76 valence electrons. The Labute approximate surface area is 81.4 Å². The van der Waals surface area contributed by atoms with Crippen LogP contribution in [0.5, 0.6) is 0 Å². The van der Waals surface area contributed by atoms with Crippen molar-refractivity contribution in [3.05, 3.63) is 11.6 Å². The molecule has 0 radical (unpaired) electrons. The van der Waals surface area contributed by atoms with Gasteiger partial charge in [0.1, 0.15) is 0 Å². The van der Waals surface area contributed by atoms with Crippen molar-refractivity contribution in [2.24, 2.45) is 5.92 Å². The summed E-state index contributed by atoms with van der Waals surface area (Å²) >= 11 is 0. The van der Waals surface area contributed by atoms with Crippen LogP contribution in [0, 0.1) is 5.92 Å². The summed E-state index contributed by atoms with van der Waals surface area (Å²) in [6.07, 6.45) is 4.71. The number of hydrogen-bond donors (Lipinski definition) is 1. The van der Waals surface area contributed by atoms with Crippen LogP contribution in [-0.4, -0.2) is 26.3 Å². The van der Waals surface area contributed by atoms with Gasteiger partial charge in [0, 0.05) is 12.5 Å². The summed E-state index contributed by atoms with van der Waals surface area (Å²) in [6, 6.07) is 0. The largest absolute Gasteiger partial charge is 0.381 e. The summed E-state index contributed by atoms with van der Waals surface area (Å²) in [5, 5.41) is 3.32. The highest BCUT2D eigenvalue weighted by molar-refractivity contribution is 5.04. The molecule has 1 N–H and O–H groups in total. The minimum absolute atomic E-state index is 0.696. The third kappa shape index (κ3) is 3.92. The van der Waals surface area contributed by atoms with Crippen LogP contribution in [0.3, 0.4) is 0 Å². The van der Waals surface area contributed by atoms with Crippen molar-refractivity contribution in [3.63, 3.8) is 0 Å². The molecule has 1 aliphatic rings. The van der Waals surface area contributed by atoms with Crippen LogP contribution in [0.1, 0.15) is 26.7 Å². The molecular formula is C11H21NO. The van der Waals surface area contributed by atoms with Gasteiger partial charge in [-0.3, -0.25) is 0 Å². The van der Waals surface area contributed by atoms with Gasteiger partial charge in [-0.2, -0.15) is 0 Å². The van der Waals surface area contributed by atoms with Gasteiger partial charge in [-0.05, 0) is 32.9 Å². The van der Waals surface area contributed by atoms with E-state index in [1.54, 1.807) is 0 Å². The number of ether oxygens (including phenoxy) is 1. The number of hydrogen-bond acceptors (Lipinski definition) is 2. The number of nitrogens with one attached hydrogen (secondary N) is 1. The fraction of sp³-hybridized carbons (Fsp3) is 0.818. The monoisotopic (exact) mass is 183 g/mol. The highest BCUT2D eigenvalue weighted by atomic mass is 16.5. The lowest BCUT2D eigenvalue weighted by molar-refractivity contribution is 0.190. The first-order valence-electron chi connectivity index (χ1n) is 5.29. The zero-order valence-corrected chi connectivity index (χ0v) is 8.81. The molecule has 0 spiro atoms. The molecule has 0 aromatic rings. The molecule has 1 unspecified atom stereocenters. The van der Waals surface area contributed by atoms with Gasteiger partial charge in [0.05, 0.1) is 6.61 Å². The van der Waals surface area contributed by atoms with E-state index >= 15 is 0 Å². The Hall–Kier alpha value is -0.340. The Morgan fingerprint density at radius 3 is 3.08 bits per heavy atom. The molecule has 1 aliphatic heterocycles. The Kier molecular flexibility index (Phi) is 5.09. The highest BCUT2D eigenvalue weighted by Gasteiger charge is 2.16. The predicted molar refractivity (Wildman–Crippen MR) is 55.8 cm³/mol. The van der Waals surface area contributed by atoms with Crippen molar-refractivity contribution >= 4 is 0 Å². The van der Waals surface area contributed by atoms with Gasteiger partial charge in [0.15, 0.2) is 0 Å². The summed E-state index contributed by atoms with van der Waals surface area (Å²) < 4.78 is 5.35. The van der Waals surface area contributed by atoms with Gasteiger partial charge in [0.25, 0.3) is 0 Å². The minimum Gasteiger partial charge on any atom is -0.381 e. The lowest BCUT2D eigenvalue weighted by atomic mass is 9.99. The van der Waals surface area contributed by atoms with E-state index in [0.29, 0.717) is 5.92 Å². The topological polar surface area (TPSA) is 21.3 Å². The molecule has 0 aromatic carbocycles. The Bertz CT molecular complexity index is 159. The average molecular weight is 183 g/mol. The van der Waals surface area contributed by atoms with Crippen LogP contribution < -0.4 is 5.32 Å². The van der Waals surface area contributed by atoms with E-state index in [2.05, 4.69) is 25.2 Å². The van der Waals surface area contributed by atoms with E-state index in [9.17, 15) is 0 Å². The van der Waals surface area contributed by atoms with Crippen molar-refractivity contribution in [2.75, 3.05) is 26.3 Å². The second-order valence-electron chi connectivity index (χ2n) is 3.65. The van der Waals surface area contributed by atoms with Gasteiger partial charge in [-0.15, -0.1) is 0 Å². The van der Waals surface area contributed by atoms with E-state index in [1.807, 2.05) is 0 Å². The molecule has 0 bridgehead atoms. The second-order valence-corrected chi connectivity index (χ2v) is 3.65. The second kappa shape index (κ2) is 6.17. The summed E-state index contributed by atoms with van der Waals surface area (Å²) in [4.78, 5) is 0. The van der Waals surface area contributed by atoms with Crippen LogP contribution in [0.2, 0.25) is 0 Å². The SMILES string of the molecule is CCNCCC=C(C)C1CCOC1. The average Bonchev–Trinajstić information content (AvgIpc) is 2.65. The number of rotatable bonds is 5. The van der Waals surface area contributed by atoms with E-state index < -0.39 is 0 Å². The Balaban J connectivity index is 2.16. The smallest absolute Gasteiger partial charge is 0.0532 e. The standard InChI is InChI=1S/C11H21NO/c1-3-12-7-4-5-10(2)11-6-8-13-9-11/h5,11-12H,3-4,6-9H2,1-2H3. The molecule has 0 saturated carbocycles. The molecule has 1 heterocycles. The van der Waals surface area contributed by atoms with Crippen LogP contribution >= 0.6 is 0 Å². The van der Waals surface area contributed by atoms with E-state index in [-0.39, 0.29) is 0 Å². The summed E-state index contributed by atoms with van der Waals surface area (Å²) in [6.45, 7) is 8.42. The van der Waals surface area contributed by atoms with Crippen molar-refractivity contribution in [1.29, 1.82) is 0 Å². The molecule has 1 fully saturated rings. The molecule has 1 saturated heterocycles. The Morgan fingerprint density at radius 1 is 1.62 bits per heavy atom. The van der Waals surface area contributed by atoms with Gasteiger partial charge in [-0.1, -0.05) is 18.6 Å². The molecule has 2 heteroatoms. The zero-order chi connectivity index (χ0) is 9.52. The van der Waals surface area contributed by atoms with E-state index in [4.69, 9.17) is 4.74 Å². The molecule has 0 aliphatic carbocycles. The van der Waals surface area contributed by atoms with Gasteiger partial charge in [-0.25, -0.2) is 0 Å². The first-order chi connectivity index (χ1) is 6.34. The van der Waals surface area contributed by atoms with Gasteiger partial charge < -0.3 is 10.1 Å². The minimum atomic E-state index is 0.696. The van der Waals surface area contributed by atoms with Crippen LogP contribution in [0.25, 0.3) is 0 Å². The van der Waals surface area contributed by atoms with E-state index in [1.165, 1.54) is 12.0 Å². The summed E-state index contributed by atoms with van der Waals surface area (Å²) in [5.74, 6) is 0.696. The Morgan fingerprint density at radius 2 is 2.46 bits per heavy atom. The maximum atomic E-state index is 5.35. The molecule has 2 nitrogen and oxygen atoms in total. The molecule has 0 amide bonds. The molecule has 13 heavy (non-hydrogen) atoms. The third-order valence-corrected chi connectivity index (χ3v) is 2.61.